The Balaban J connectivity index is 0.000000250. The van der Waals surface area contributed by atoms with E-state index < -0.39 is 47.4 Å². The molecule has 15 nitrogen and oxygen atoms in total. The number of hydrogen-bond acceptors (Lipinski definition) is 12. The lowest BCUT2D eigenvalue weighted by Gasteiger charge is -2.36. The molecule has 1 aromatic rings. The first kappa shape index (κ1) is 35.9. The highest BCUT2D eigenvalue weighted by Crippen LogP contribution is 2.30. The third kappa shape index (κ3) is 9.23. The first-order chi connectivity index (χ1) is 21.5. The molecule has 4 rings (SSSR count). The molecule has 252 valence electrons. The van der Waals surface area contributed by atoms with Gasteiger partial charge >= 0.3 is 24.1 Å². The van der Waals surface area contributed by atoms with Crippen molar-refractivity contribution in [3.05, 3.63) is 39.2 Å². The van der Waals surface area contributed by atoms with E-state index in [0.717, 1.165) is 0 Å². The topological polar surface area (TPSA) is 187 Å². The van der Waals surface area contributed by atoms with Crippen LogP contribution in [-0.4, -0.2) is 98.9 Å². The molecule has 2 unspecified atom stereocenters. The van der Waals surface area contributed by atoms with Crippen LogP contribution in [0.1, 0.15) is 79.5 Å². The summed E-state index contributed by atoms with van der Waals surface area (Å²) >= 11 is 0. The van der Waals surface area contributed by atoms with E-state index in [9.17, 15) is 28.8 Å². The van der Waals surface area contributed by atoms with Gasteiger partial charge in [-0.2, -0.15) is 0 Å². The molecule has 2 amide bonds. The van der Waals surface area contributed by atoms with Gasteiger partial charge < -0.3 is 23.9 Å². The van der Waals surface area contributed by atoms with E-state index in [1.54, 1.807) is 55.4 Å². The van der Waals surface area contributed by atoms with E-state index in [-0.39, 0.29) is 56.9 Å². The first-order valence-corrected chi connectivity index (χ1v) is 15.1. The minimum absolute atomic E-state index is 0.0447. The molecule has 0 aliphatic carbocycles. The first-order valence-electron chi connectivity index (χ1n) is 15.1. The fourth-order valence-electron chi connectivity index (χ4n) is 4.84. The molecule has 46 heavy (non-hydrogen) atoms. The molecule has 0 radical (unpaired) electrons. The Hall–Kier alpha value is -4.56. The van der Waals surface area contributed by atoms with Crippen LogP contribution in [0, 0.1) is 0 Å². The largest absolute Gasteiger partial charge is 0.464 e. The van der Waals surface area contributed by atoms with Gasteiger partial charge in [0.15, 0.2) is 5.78 Å². The van der Waals surface area contributed by atoms with Crippen LogP contribution in [-0.2, 0) is 46.3 Å². The number of nitrogens with one attached hydrogen (secondary N) is 1. The zero-order chi connectivity index (χ0) is 34.4. The van der Waals surface area contributed by atoms with Crippen LogP contribution < -0.4 is 5.56 Å². The predicted molar refractivity (Wildman–Crippen MR) is 164 cm³/mol. The fraction of sp³-hybridized carbons (Fsp3) is 0.613. The Bertz CT molecular complexity index is 1470. The minimum atomic E-state index is -0.860. The number of rotatable bonds is 4. The van der Waals surface area contributed by atoms with E-state index in [4.69, 9.17) is 18.9 Å². The maximum Gasteiger partial charge on any atom is 0.411 e. The van der Waals surface area contributed by atoms with Gasteiger partial charge in [0.25, 0.3) is 5.56 Å². The van der Waals surface area contributed by atoms with Gasteiger partial charge in [-0.25, -0.2) is 24.2 Å². The third-order valence-corrected chi connectivity index (χ3v) is 6.81. The van der Waals surface area contributed by atoms with Gasteiger partial charge in [0.1, 0.15) is 23.3 Å². The molecule has 3 aliphatic rings. The van der Waals surface area contributed by atoms with Gasteiger partial charge in [-0.15, -0.1) is 0 Å². The Morgan fingerprint density at radius 1 is 0.848 bits per heavy atom. The molecule has 1 N–H and O–H groups in total. The van der Waals surface area contributed by atoms with Crippen LogP contribution in [0.3, 0.4) is 0 Å². The number of fused-ring (bicyclic) bond motifs is 1. The Morgan fingerprint density at radius 3 is 1.89 bits per heavy atom. The summed E-state index contributed by atoms with van der Waals surface area (Å²) in [6.45, 7) is 14.3. The van der Waals surface area contributed by atoms with Crippen molar-refractivity contribution in [2.45, 2.75) is 104 Å². The van der Waals surface area contributed by atoms with Crippen molar-refractivity contribution in [3.63, 3.8) is 0 Å². The smallest absolute Gasteiger partial charge is 0.411 e. The number of ketones is 1. The molecule has 0 spiro atoms. The van der Waals surface area contributed by atoms with Crippen LogP contribution in [0.2, 0.25) is 0 Å². The van der Waals surface area contributed by atoms with Gasteiger partial charge in [0.2, 0.25) is 0 Å². The fourth-order valence-corrected chi connectivity index (χ4v) is 4.84. The molecule has 3 aliphatic heterocycles. The number of amides is 2. The lowest BCUT2D eigenvalue weighted by molar-refractivity contribution is -0.150. The highest BCUT2D eigenvalue weighted by Gasteiger charge is 2.41. The highest BCUT2D eigenvalue weighted by atomic mass is 16.6. The monoisotopic (exact) mass is 645 g/mol. The number of esters is 2. The van der Waals surface area contributed by atoms with Crippen molar-refractivity contribution in [3.8, 4) is 0 Å². The lowest BCUT2D eigenvalue weighted by atomic mass is 9.92. The third-order valence-electron chi connectivity index (χ3n) is 6.81. The van der Waals surface area contributed by atoms with E-state index in [1.807, 2.05) is 0 Å². The minimum Gasteiger partial charge on any atom is -0.464 e. The molecule has 0 saturated carbocycles. The highest BCUT2D eigenvalue weighted by molar-refractivity contribution is 6.06. The molecule has 1 aromatic heterocycles. The summed E-state index contributed by atoms with van der Waals surface area (Å²) in [5, 5.41) is 0. The normalized spacial score (nSPS) is 19.3. The van der Waals surface area contributed by atoms with Gasteiger partial charge in [-0.1, -0.05) is 0 Å². The number of aromatic nitrogens is 2. The number of hydrogen-bond donors (Lipinski definition) is 1. The van der Waals surface area contributed by atoms with E-state index in [2.05, 4.69) is 15.0 Å². The van der Waals surface area contributed by atoms with Gasteiger partial charge in [-0.05, 0) is 55.4 Å². The number of H-pyrrole nitrogens is 1. The Labute approximate surface area is 267 Å². The van der Waals surface area contributed by atoms with Crippen molar-refractivity contribution in [1.29, 1.82) is 0 Å². The molecule has 0 bridgehead atoms. The molecular formula is C31H43N5O10. The number of carbonyl (C=O) groups is 5. The number of aromatic amines is 1. The SMILES string of the molecule is CCOC(=O)C1CC2=C(CN1C(=O)OC(C)(C)C)N=CCC2=O.CCOC(=O)C1Cc2nc[nH]c(=O)c2CN1C(=O)OC(C)(C)C. The van der Waals surface area contributed by atoms with Gasteiger partial charge in [0.05, 0.1) is 49.6 Å². The molecule has 2 atom stereocenters. The summed E-state index contributed by atoms with van der Waals surface area (Å²) < 4.78 is 20.8. The zero-order valence-corrected chi connectivity index (χ0v) is 27.6. The van der Waals surface area contributed by atoms with Gasteiger partial charge in [-0.3, -0.25) is 24.4 Å². The maximum absolute atomic E-state index is 12.4. The summed E-state index contributed by atoms with van der Waals surface area (Å²) in [6.07, 6.45) is 1.99. The molecule has 4 heterocycles. The van der Waals surface area contributed by atoms with Crippen molar-refractivity contribution < 1.29 is 42.9 Å². The molecule has 15 heteroatoms. The number of nitrogens with zero attached hydrogens (tertiary/aromatic N) is 4. The number of aliphatic imine (C=N–C) groups is 1. The number of Topliss-reactive ketones (excluding diaryl/α,β-unsaturated/α-hetero) is 1. The van der Waals surface area contributed by atoms with E-state index in [0.29, 0.717) is 22.5 Å². The molecular weight excluding hydrogens is 602 g/mol. The Kier molecular flexibility index (Phi) is 11.5. The van der Waals surface area contributed by atoms with Crippen LogP contribution in [0.4, 0.5) is 9.59 Å². The second-order valence-corrected chi connectivity index (χ2v) is 12.7. The lowest BCUT2D eigenvalue weighted by Crippen LogP contribution is -2.52. The van der Waals surface area contributed by atoms with Crippen molar-refractivity contribution in [1.82, 2.24) is 19.8 Å². The van der Waals surface area contributed by atoms with E-state index >= 15 is 0 Å². The number of ether oxygens (including phenoxy) is 4. The van der Waals surface area contributed by atoms with Gasteiger partial charge in [0, 0.05) is 31.1 Å². The van der Waals surface area contributed by atoms with E-state index in [1.165, 1.54) is 22.3 Å². The quantitative estimate of drug-likeness (QED) is 0.375. The van der Waals surface area contributed by atoms with Crippen LogP contribution in [0.25, 0.3) is 0 Å². The second kappa shape index (κ2) is 14.7. The summed E-state index contributed by atoms with van der Waals surface area (Å²) in [6, 6.07) is -1.72. The maximum atomic E-state index is 12.4. The summed E-state index contributed by atoms with van der Waals surface area (Å²) in [5.74, 6) is -1.13. The van der Waals surface area contributed by atoms with Crippen LogP contribution >= 0.6 is 0 Å². The second-order valence-electron chi connectivity index (χ2n) is 12.7. The van der Waals surface area contributed by atoms with Crippen molar-refractivity contribution in [2.75, 3.05) is 19.8 Å². The summed E-state index contributed by atoms with van der Waals surface area (Å²) in [4.78, 5) is 86.5. The van der Waals surface area contributed by atoms with Crippen LogP contribution in [0.5, 0.6) is 0 Å². The molecule has 0 fully saturated rings. The Morgan fingerprint density at radius 2 is 1.37 bits per heavy atom. The average molecular weight is 646 g/mol. The summed E-state index contributed by atoms with van der Waals surface area (Å²) in [7, 11) is 0. The number of carbonyl (C=O) groups excluding carboxylic acids is 5. The zero-order valence-electron chi connectivity index (χ0n) is 27.6. The standard InChI is InChI=1S/C16H22N2O5.C15H21N3O5/c1-5-22-14(20)12-8-10-11(17-7-6-13(10)19)9-18(12)15(21)23-16(2,3)4;1-5-22-13(20)11-6-10-9(12(19)17-8-16-10)7-18(11)14(21)23-15(2,3)4/h7,12H,5-6,8-9H2,1-4H3;8,11H,5-7H2,1-4H3,(H,16,17,19). The van der Waals surface area contributed by atoms with Crippen LogP contribution in [0.15, 0.2) is 27.4 Å². The predicted octanol–water partition coefficient (Wildman–Crippen LogP) is 2.85. The molecule has 0 aromatic carbocycles. The molecule has 0 saturated heterocycles. The summed E-state index contributed by atoms with van der Waals surface area (Å²) in [5.41, 5.74) is 0.156. The average Bonchev–Trinajstić information content (AvgIpc) is 2.95. The van der Waals surface area contributed by atoms with Crippen molar-refractivity contribution in [2.24, 2.45) is 4.99 Å². The van der Waals surface area contributed by atoms with Crippen molar-refractivity contribution >= 4 is 36.1 Å².